The minimum atomic E-state index is -1.05. The van der Waals surface area contributed by atoms with Gasteiger partial charge in [0.25, 0.3) is 17.2 Å². The van der Waals surface area contributed by atoms with Crippen molar-refractivity contribution in [3.05, 3.63) is 140 Å². The van der Waals surface area contributed by atoms with Gasteiger partial charge in [-0.2, -0.15) is 0 Å². The zero-order chi connectivity index (χ0) is 35.1. The summed E-state index contributed by atoms with van der Waals surface area (Å²) in [6.45, 7) is 4.96. The van der Waals surface area contributed by atoms with E-state index in [1.54, 1.807) is 49.5 Å². The lowest BCUT2D eigenvalue weighted by Gasteiger charge is -2.29. The number of nitrogens with one attached hydrogen (secondary N) is 2. The number of hydrogen-bond donors (Lipinski definition) is 3. The highest BCUT2D eigenvalue weighted by molar-refractivity contribution is 5.91. The summed E-state index contributed by atoms with van der Waals surface area (Å²) >= 11 is 0. The number of hydrogen-bond acceptors (Lipinski definition) is 8. The minimum absolute atomic E-state index is 0.0489. The summed E-state index contributed by atoms with van der Waals surface area (Å²) < 4.78 is 5.25. The fourth-order valence-electron chi connectivity index (χ4n) is 5.94. The molecule has 0 bridgehead atoms. The van der Waals surface area contributed by atoms with E-state index in [0.717, 1.165) is 22.1 Å². The molecule has 0 saturated heterocycles. The number of benzene rings is 4. The standard InChI is InChI=1S/C38H38N4O7/c1-4-49-35(44)22-41(21-29-19-31(42(47)48)13-15-33(29)26-8-6-5-7-9-26)38(46)36(28-11-14-32(24(2)18-28)25(3)23-43)40-30-12-10-27-16-17-39-37(45)34(27)20-30/h5-20,25,36,40,43H,4,21-23H2,1-3H3,(H,39,45)/t25-,36?/m0/s1. The highest BCUT2D eigenvalue weighted by atomic mass is 16.6. The van der Waals surface area contributed by atoms with Crippen molar-refractivity contribution in [1.29, 1.82) is 0 Å². The zero-order valence-electron chi connectivity index (χ0n) is 27.5. The summed E-state index contributed by atoms with van der Waals surface area (Å²) in [5, 5.41) is 26.1. The quantitative estimate of drug-likeness (QED) is 0.0759. The molecule has 0 aliphatic heterocycles. The number of nitro benzene ring substituents is 1. The number of carbonyl (C=O) groups excluding carboxylic acids is 2. The van der Waals surface area contributed by atoms with Gasteiger partial charge < -0.3 is 25.0 Å². The molecule has 1 amide bonds. The Balaban J connectivity index is 1.62. The number of aromatic amines is 1. The van der Waals surface area contributed by atoms with Crippen LogP contribution in [0.1, 0.15) is 48.1 Å². The molecule has 252 valence electrons. The largest absolute Gasteiger partial charge is 0.465 e. The predicted molar refractivity (Wildman–Crippen MR) is 188 cm³/mol. The average Bonchev–Trinajstić information content (AvgIpc) is 3.10. The van der Waals surface area contributed by atoms with Gasteiger partial charge in [-0.3, -0.25) is 24.5 Å². The van der Waals surface area contributed by atoms with Crippen LogP contribution in [0.25, 0.3) is 21.9 Å². The first-order valence-electron chi connectivity index (χ1n) is 16.0. The van der Waals surface area contributed by atoms with Gasteiger partial charge in [0.05, 0.1) is 11.5 Å². The molecule has 5 rings (SSSR count). The Morgan fingerprint density at radius 2 is 1.80 bits per heavy atom. The van der Waals surface area contributed by atoms with Gasteiger partial charge in [-0.15, -0.1) is 0 Å². The second-order valence-electron chi connectivity index (χ2n) is 11.8. The van der Waals surface area contributed by atoms with Gasteiger partial charge in [-0.1, -0.05) is 61.5 Å². The van der Waals surface area contributed by atoms with E-state index in [2.05, 4.69) is 10.3 Å². The van der Waals surface area contributed by atoms with Gasteiger partial charge in [0, 0.05) is 48.5 Å². The zero-order valence-corrected chi connectivity index (χ0v) is 27.5. The number of nitrogens with zero attached hydrogens (tertiary/aromatic N) is 2. The Labute approximate surface area is 283 Å². The fourth-order valence-corrected chi connectivity index (χ4v) is 5.94. The molecule has 11 nitrogen and oxygen atoms in total. The maximum Gasteiger partial charge on any atom is 0.325 e. The molecule has 0 saturated carbocycles. The Morgan fingerprint density at radius 3 is 2.49 bits per heavy atom. The lowest BCUT2D eigenvalue weighted by Crippen LogP contribution is -2.41. The van der Waals surface area contributed by atoms with Crippen molar-refractivity contribution in [3.63, 3.8) is 0 Å². The van der Waals surface area contributed by atoms with Crippen molar-refractivity contribution in [1.82, 2.24) is 9.88 Å². The Kier molecular flexibility index (Phi) is 10.8. The lowest BCUT2D eigenvalue weighted by molar-refractivity contribution is -0.384. The third-order valence-corrected chi connectivity index (χ3v) is 8.45. The second kappa shape index (κ2) is 15.4. The first kappa shape index (κ1) is 34.5. The van der Waals surface area contributed by atoms with E-state index in [9.17, 15) is 29.6 Å². The highest BCUT2D eigenvalue weighted by Crippen LogP contribution is 2.32. The highest BCUT2D eigenvalue weighted by Gasteiger charge is 2.30. The summed E-state index contributed by atoms with van der Waals surface area (Å²) in [4.78, 5) is 55.7. The first-order chi connectivity index (χ1) is 23.6. The number of aromatic nitrogens is 1. The van der Waals surface area contributed by atoms with Crippen LogP contribution in [0.3, 0.4) is 0 Å². The number of aryl methyl sites for hydroxylation is 1. The van der Waals surface area contributed by atoms with Crippen molar-refractivity contribution in [2.75, 3.05) is 25.1 Å². The van der Waals surface area contributed by atoms with Crippen LogP contribution >= 0.6 is 0 Å². The summed E-state index contributed by atoms with van der Waals surface area (Å²) in [5.41, 5.74) is 4.33. The SMILES string of the molecule is CCOC(=O)CN(Cc1cc([N+](=O)[O-])ccc1-c1ccccc1)C(=O)C(Nc1ccc2cc[nH]c(=O)c2c1)c1ccc([C@@H](C)CO)c(C)c1. The van der Waals surface area contributed by atoms with E-state index in [-0.39, 0.29) is 36.9 Å². The molecule has 0 spiro atoms. The molecule has 1 heterocycles. The number of fused-ring (bicyclic) bond motifs is 1. The number of non-ortho nitro benzene ring substituents is 1. The van der Waals surface area contributed by atoms with Gasteiger partial charge >= 0.3 is 5.97 Å². The number of aliphatic hydroxyl groups excluding tert-OH is 1. The summed E-state index contributed by atoms with van der Waals surface area (Å²) in [5.74, 6) is -1.27. The van der Waals surface area contributed by atoms with Crippen molar-refractivity contribution in [2.24, 2.45) is 0 Å². The molecular formula is C38H38N4O7. The Hall–Kier alpha value is -5.81. The summed E-state index contributed by atoms with van der Waals surface area (Å²) in [6.07, 6.45) is 1.56. The van der Waals surface area contributed by atoms with Crippen molar-refractivity contribution in [2.45, 2.75) is 39.3 Å². The minimum Gasteiger partial charge on any atom is -0.465 e. The number of pyridine rings is 1. The van der Waals surface area contributed by atoms with E-state index in [4.69, 9.17) is 4.74 Å². The van der Waals surface area contributed by atoms with Gasteiger partial charge in [0.1, 0.15) is 12.6 Å². The molecule has 1 aromatic heterocycles. The van der Waals surface area contributed by atoms with E-state index in [1.165, 1.54) is 17.0 Å². The van der Waals surface area contributed by atoms with Crippen molar-refractivity contribution in [3.8, 4) is 11.1 Å². The maximum atomic E-state index is 14.8. The van der Waals surface area contributed by atoms with Gasteiger partial charge in [-0.25, -0.2) is 0 Å². The van der Waals surface area contributed by atoms with Crippen LogP contribution < -0.4 is 10.9 Å². The molecule has 3 N–H and O–H groups in total. The Morgan fingerprint density at radius 1 is 1.02 bits per heavy atom. The number of esters is 1. The van der Waals surface area contributed by atoms with E-state index in [0.29, 0.717) is 27.8 Å². The number of rotatable bonds is 13. The van der Waals surface area contributed by atoms with Crippen molar-refractivity contribution < 1.29 is 24.4 Å². The molecular weight excluding hydrogens is 624 g/mol. The maximum absolute atomic E-state index is 14.8. The number of amides is 1. The predicted octanol–water partition coefficient (Wildman–Crippen LogP) is 6.25. The van der Waals surface area contributed by atoms with Crippen LogP contribution in [-0.4, -0.2) is 51.5 Å². The molecule has 11 heteroatoms. The number of anilines is 1. The second-order valence-corrected chi connectivity index (χ2v) is 11.8. The molecule has 1 unspecified atom stereocenters. The van der Waals surface area contributed by atoms with Gasteiger partial charge in [0.15, 0.2) is 0 Å². The number of carbonyl (C=O) groups is 2. The smallest absolute Gasteiger partial charge is 0.325 e. The normalized spacial score (nSPS) is 12.2. The topological polar surface area (TPSA) is 155 Å². The fraction of sp³-hybridized carbons (Fsp3) is 0.237. The van der Waals surface area contributed by atoms with Crippen LogP contribution in [0.15, 0.2) is 102 Å². The summed E-state index contributed by atoms with van der Waals surface area (Å²) in [7, 11) is 0. The molecule has 4 aromatic carbocycles. The summed E-state index contributed by atoms with van der Waals surface area (Å²) in [6, 6.07) is 25.2. The molecule has 0 radical (unpaired) electrons. The van der Waals surface area contributed by atoms with Gasteiger partial charge in [-0.05, 0) is 76.9 Å². The molecule has 0 aliphatic carbocycles. The van der Waals surface area contributed by atoms with E-state index < -0.39 is 29.4 Å². The van der Waals surface area contributed by atoms with Crippen LogP contribution in [0, 0.1) is 17.0 Å². The number of ether oxygens (including phenoxy) is 1. The van der Waals surface area contributed by atoms with Crippen LogP contribution in [0.4, 0.5) is 11.4 Å². The van der Waals surface area contributed by atoms with E-state index >= 15 is 0 Å². The molecule has 5 aromatic rings. The number of nitro groups is 1. The van der Waals surface area contributed by atoms with Crippen LogP contribution in [-0.2, 0) is 20.9 Å². The Bertz CT molecular complexity index is 2040. The average molecular weight is 663 g/mol. The number of aliphatic hydroxyl groups is 1. The molecule has 0 fully saturated rings. The van der Waals surface area contributed by atoms with Crippen molar-refractivity contribution >= 4 is 34.0 Å². The van der Waals surface area contributed by atoms with Gasteiger partial charge in [0.2, 0.25) is 0 Å². The first-order valence-corrected chi connectivity index (χ1v) is 16.0. The molecule has 2 atom stereocenters. The van der Waals surface area contributed by atoms with Crippen LogP contribution in [0.2, 0.25) is 0 Å². The monoisotopic (exact) mass is 662 g/mol. The third kappa shape index (κ3) is 8.02. The van der Waals surface area contributed by atoms with E-state index in [1.807, 2.05) is 56.3 Å². The number of H-pyrrole nitrogens is 1. The lowest BCUT2D eigenvalue weighted by atomic mass is 9.92. The van der Waals surface area contributed by atoms with Crippen LogP contribution in [0.5, 0.6) is 0 Å². The molecule has 49 heavy (non-hydrogen) atoms. The molecule has 0 aliphatic rings. The third-order valence-electron chi connectivity index (χ3n) is 8.45.